The maximum Gasteiger partial charge on any atom is 0.150 e. The minimum atomic E-state index is 0.304. The standard InChI is InChI=1S/C10H17NO/c1-3-11-7(2)8-5-4-6-9(12)10(8)11/h7-8,10H,3-6H2,1-2H3. The highest BCUT2D eigenvalue weighted by Crippen LogP contribution is 2.40. The number of carbonyl (C=O) groups is 1. The molecule has 0 amide bonds. The second-order valence-corrected chi connectivity index (χ2v) is 4.04. The van der Waals surface area contributed by atoms with Gasteiger partial charge in [0.2, 0.25) is 0 Å². The molecule has 1 aliphatic carbocycles. The van der Waals surface area contributed by atoms with Gasteiger partial charge in [0, 0.05) is 12.5 Å². The molecule has 1 heterocycles. The molecule has 2 rings (SSSR count). The Morgan fingerprint density at radius 3 is 3.00 bits per heavy atom. The SMILES string of the molecule is CCN1C(C)C2CCCC(=O)C21. The molecular weight excluding hydrogens is 150 g/mol. The van der Waals surface area contributed by atoms with Crippen LogP contribution >= 0.6 is 0 Å². The van der Waals surface area contributed by atoms with E-state index >= 15 is 0 Å². The Morgan fingerprint density at radius 2 is 2.33 bits per heavy atom. The highest BCUT2D eigenvalue weighted by Gasteiger charge is 2.49. The molecule has 2 fully saturated rings. The van der Waals surface area contributed by atoms with Crippen molar-refractivity contribution < 1.29 is 4.79 Å². The third-order valence-electron chi connectivity index (χ3n) is 3.56. The lowest BCUT2D eigenvalue weighted by molar-refractivity contribution is -0.144. The molecule has 12 heavy (non-hydrogen) atoms. The summed E-state index contributed by atoms with van der Waals surface area (Å²) >= 11 is 0. The predicted octanol–water partition coefficient (Wildman–Crippen LogP) is 1.45. The van der Waals surface area contributed by atoms with E-state index in [2.05, 4.69) is 18.7 Å². The van der Waals surface area contributed by atoms with Gasteiger partial charge in [0.25, 0.3) is 0 Å². The summed E-state index contributed by atoms with van der Waals surface area (Å²) in [4.78, 5) is 13.9. The summed E-state index contributed by atoms with van der Waals surface area (Å²) in [6.07, 6.45) is 3.22. The van der Waals surface area contributed by atoms with E-state index in [1.165, 1.54) is 6.42 Å². The lowest BCUT2D eigenvalue weighted by atomic mass is 9.71. The molecule has 2 heteroatoms. The molecule has 1 saturated heterocycles. The van der Waals surface area contributed by atoms with Crippen LogP contribution in [-0.4, -0.2) is 29.3 Å². The molecule has 0 aromatic heterocycles. The van der Waals surface area contributed by atoms with Crippen LogP contribution in [0.4, 0.5) is 0 Å². The minimum absolute atomic E-state index is 0.304. The van der Waals surface area contributed by atoms with Crippen molar-refractivity contribution in [3.8, 4) is 0 Å². The average molecular weight is 167 g/mol. The van der Waals surface area contributed by atoms with Gasteiger partial charge in [0.05, 0.1) is 6.04 Å². The Balaban J connectivity index is 2.09. The van der Waals surface area contributed by atoms with Crippen LogP contribution in [0.3, 0.4) is 0 Å². The maximum atomic E-state index is 11.5. The van der Waals surface area contributed by atoms with Gasteiger partial charge in [-0.05, 0) is 32.2 Å². The van der Waals surface area contributed by atoms with Crippen LogP contribution in [0, 0.1) is 5.92 Å². The van der Waals surface area contributed by atoms with Crippen molar-refractivity contribution >= 4 is 5.78 Å². The van der Waals surface area contributed by atoms with Gasteiger partial charge in [-0.2, -0.15) is 0 Å². The van der Waals surface area contributed by atoms with E-state index in [0.29, 0.717) is 23.8 Å². The lowest BCUT2D eigenvalue weighted by Crippen LogP contribution is -2.66. The van der Waals surface area contributed by atoms with E-state index in [-0.39, 0.29) is 0 Å². The number of nitrogens with zero attached hydrogens (tertiary/aromatic N) is 1. The zero-order valence-corrected chi connectivity index (χ0v) is 7.92. The Kier molecular flexibility index (Phi) is 1.95. The van der Waals surface area contributed by atoms with Gasteiger partial charge in [-0.25, -0.2) is 0 Å². The van der Waals surface area contributed by atoms with Gasteiger partial charge in [-0.3, -0.25) is 9.69 Å². The molecule has 0 spiro atoms. The predicted molar refractivity (Wildman–Crippen MR) is 48.0 cm³/mol. The van der Waals surface area contributed by atoms with Crippen molar-refractivity contribution in [1.82, 2.24) is 4.90 Å². The largest absolute Gasteiger partial charge is 0.298 e. The van der Waals surface area contributed by atoms with Crippen molar-refractivity contribution in [2.45, 2.75) is 45.2 Å². The fraction of sp³-hybridized carbons (Fsp3) is 0.900. The van der Waals surface area contributed by atoms with E-state index in [1.54, 1.807) is 0 Å². The molecular formula is C10H17NO. The molecule has 3 unspecified atom stereocenters. The van der Waals surface area contributed by atoms with Gasteiger partial charge >= 0.3 is 0 Å². The van der Waals surface area contributed by atoms with Crippen LogP contribution in [0.25, 0.3) is 0 Å². The second kappa shape index (κ2) is 2.84. The summed E-state index contributed by atoms with van der Waals surface area (Å²) in [7, 11) is 0. The second-order valence-electron chi connectivity index (χ2n) is 4.04. The van der Waals surface area contributed by atoms with E-state index in [4.69, 9.17) is 0 Å². The number of rotatable bonds is 1. The van der Waals surface area contributed by atoms with Crippen molar-refractivity contribution in [1.29, 1.82) is 0 Å². The number of ketones is 1. The van der Waals surface area contributed by atoms with E-state index in [9.17, 15) is 4.79 Å². The first kappa shape index (κ1) is 8.24. The normalized spacial score (nSPS) is 42.2. The number of hydrogen-bond acceptors (Lipinski definition) is 2. The summed E-state index contributed by atoms with van der Waals surface area (Å²) in [6, 6.07) is 0.961. The van der Waals surface area contributed by atoms with Crippen LogP contribution in [-0.2, 0) is 4.79 Å². The molecule has 0 bridgehead atoms. The number of carbonyl (C=O) groups excluding carboxylic acids is 1. The summed E-state index contributed by atoms with van der Waals surface area (Å²) in [5.41, 5.74) is 0. The Hall–Kier alpha value is -0.370. The fourth-order valence-electron chi connectivity index (χ4n) is 2.87. The number of likely N-dealkylation sites (N-methyl/N-ethyl adjacent to an activating group) is 1. The van der Waals surface area contributed by atoms with Gasteiger partial charge in [-0.1, -0.05) is 6.92 Å². The van der Waals surface area contributed by atoms with Crippen molar-refractivity contribution in [2.75, 3.05) is 6.54 Å². The smallest absolute Gasteiger partial charge is 0.150 e. The fourth-order valence-corrected chi connectivity index (χ4v) is 2.87. The van der Waals surface area contributed by atoms with E-state index in [0.717, 1.165) is 19.4 Å². The highest BCUT2D eigenvalue weighted by atomic mass is 16.1. The summed E-state index contributed by atoms with van der Waals surface area (Å²) in [6.45, 7) is 5.44. The average Bonchev–Trinajstić information content (AvgIpc) is 2.07. The number of likely N-dealkylation sites (tertiary alicyclic amines) is 1. The van der Waals surface area contributed by atoms with Gasteiger partial charge in [0.15, 0.2) is 0 Å². The molecule has 0 aromatic rings. The molecule has 1 aliphatic heterocycles. The van der Waals surface area contributed by atoms with Gasteiger partial charge in [-0.15, -0.1) is 0 Å². The van der Waals surface area contributed by atoms with Crippen LogP contribution in [0.2, 0.25) is 0 Å². The van der Waals surface area contributed by atoms with E-state index in [1.807, 2.05) is 0 Å². The molecule has 0 N–H and O–H groups in total. The number of Topliss-reactive ketones (excluding diaryl/α,β-unsaturated/α-hetero) is 1. The van der Waals surface area contributed by atoms with Crippen LogP contribution < -0.4 is 0 Å². The minimum Gasteiger partial charge on any atom is -0.298 e. The molecule has 2 nitrogen and oxygen atoms in total. The first-order valence-electron chi connectivity index (χ1n) is 5.04. The van der Waals surface area contributed by atoms with E-state index < -0.39 is 0 Å². The Morgan fingerprint density at radius 1 is 1.58 bits per heavy atom. The van der Waals surface area contributed by atoms with Crippen molar-refractivity contribution in [3.05, 3.63) is 0 Å². The zero-order valence-electron chi connectivity index (χ0n) is 7.92. The third-order valence-corrected chi connectivity index (χ3v) is 3.56. The first-order chi connectivity index (χ1) is 5.75. The van der Waals surface area contributed by atoms with Crippen molar-refractivity contribution in [2.24, 2.45) is 5.92 Å². The van der Waals surface area contributed by atoms with Crippen LogP contribution in [0.5, 0.6) is 0 Å². The molecule has 1 saturated carbocycles. The van der Waals surface area contributed by atoms with Crippen LogP contribution in [0.1, 0.15) is 33.1 Å². The Bertz CT molecular complexity index is 196. The highest BCUT2D eigenvalue weighted by molar-refractivity contribution is 5.86. The Labute approximate surface area is 73.9 Å². The maximum absolute atomic E-state index is 11.5. The molecule has 68 valence electrons. The summed E-state index contributed by atoms with van der Waals surface area (Å²) < 4.78 is 0. The lowest BCUT2D eigenvalue weighted by Gasteiger charge is -2.55. The quantitative estimate of drug-likeness (QED) is 0.589. The monoisotopic (exact) mass is 167 g/mol. The van der Waals surface area contributed by atoms with Crippen LogP contribution in [0.15, 0.2) is 0 Å². The van der Waals surface area contributed by atoms with Gasteiger partial charge < -0.3 is 0 Å². The zero-order chi connectivity index (χ0) is 8.72. The first-order valence-corrected chi connectivity index (χ1v) is 5.04. The van der Waals surface area contributed by atoms with Crippen molar-refractivity contribution in [3.63, 3.8) is 0 Å². The van der Waals surface area contributed by atoms with Gasteiger partial charge in [0.1, 0.15) is 5.78 Å². The molecule has 3 atom stereocenters. The molecule has 2 aliphatic rings. The molecule has 0 aromatic carbocycles. The third kappa shape index (κ3) is 0.939. The molecule has 0 radical (unpaired) electrons. The number of fused-ring (bicyclic) bond motifs is 1. The summed E-state index contributed by atoms with van der Waals surface area (Å²) in [5, 5.41) is 0. The summed E-state index contributed by atoms with van der Waals surface area (Å²) in [5.74, 6) is 1.18. The number of hydrogen-bond donors (Lipinski definition) is 0. The topological polar surface area (TPSA) is 20.3 Å².